The number of carbonyl (C=O) groups is 1. The van der Waals surface area contributed by atoms with E-state index in [-0.39, 0.29) is 16.3 Å². The molecular formula is C23H14ClN5O3. The minimum Gasteiger partial charge on any atom is -0.322 e. The minimum absolute atomic E-state index is 0.0296. The quantitative estimate of drug-likeness (QED) is 0.296. The van der Waals surface area contributed by atoms with E-state index < -0.39 is 10.8 Å². The smallest absolute Gasteiger partial charge is 0.288 e. The highest BCUT2D eigenvalue weighted by Gasteiger charge is 2.17. The van der Waals surface area contributed by atoms with Crippen LogP contribution in [0, 0.1) is 10.1 Å². The molecule has 1 N–H and O–H groups in total. The van der Waals surface area contributed by atoms with Crippen LogP contribution >= 0.6 is 11.6 Å². The Hall–Kier alpha value is -4.30. The van der Waals surface area contributed by atoms with Crippen LogP contribution in [0.15, 0.2) is 78.9 Å². The van der Waals surface area contributed by atoms with Crippen LogP contribution < -0.4 is 5.32 Å². The van der Waals surface area contributed by atoms with Crippen molar-refractivity contribution < 1.29 is 9.72 Å². The molecule has 0 atom stereocenters. The number of amides is 1. The zero-order chi connectivity index (χ0) is 22.2. The van der Waals surface area contributed by atoms with Gasteiger partial charge in [0.2, 0.25) is 0 Å². The van der Waals surface area contributed by atoms with Crippen molar-refractivity contribution in [1.29, 1.82) is 0 Å². The van der Waals surface area contributed by atoms with E-state index in [9.17, 15) is 14.9 Å². The molecule has 1 aromatic heterocycles. The largest absolute Gasteiger partial charge is 0.322 e. The van der Waals surface area contributed by atoms with E-state index in [1.807, 2.05) is 42.5 Å². The van der Waals surface area contributed by atoms with Crippen molar-refractivity contribution in [1.82, 2.24) is 15.0 Å². The van der Waals surface area contributed by atoms with Gasteiger partial charge in [-0.15, -0.1) is 15.0 Å². The van der Waals surface area contributed by atoms with Gasteiger partial charge < -0.3 is 5.32 Å². The molecule has 8 nitrogen and oxygen atoms in total. The Morgan fingerprint density at radius 3 is 2.56 bits per heavy atom. The van der Waals surface area contributed by atoms with Crippen LogP contribution in [0.4, 0.5) is 11.4 Å². The maximum Gasteiger partial charge on any atom is 0.288 e. The lowest BCUT2D eigenvalue weighted by molar-refractivity contribution is -0.384. The van der Waals surface area contributed by atoms with E-state index in [0.717, 1.165) is 22.5 Å². The van der Waals surface area contributed by atoms with Crippen LogP contribution in [0.2, 0.25) is 5.02 Å². The summed E-state index contributed by atoms with van der Waals surface area (Å²) in [7, 11) is 0. The second-order valence-corrected chi connectivity index (χ2v) is 7.48. The molecule has 0 unspecified atom stereocenters. The second kappa shape index (κ2) is 7.75. The predicted molar refractivity (Wildman–Crippen MR) is 122 cm³/mol. The monoisotopic (exact) mass is 443 g/mol. The molecule has 0 bridgehead atoms. The highest BCUT2D eigenvalue weighted by Crippen LogP contribution is 2.26. The average molecular weight is 444 g/mol. The minimum atomic E-state index is -0.628. The second-order valence-electron chi connectivity index (χ2n) is 7.07. The average Bonchev–Trinajstić information content (AvgIpc) is 3.22. The van der Waals surface area contributed by atoms with Crippen LogP contribution in [-0.4, -0.2) is 25.8 Å². The summed E-state index contributed by atoms with van der Waals surface area (Å²) in [5.74, 6) is -0.495. The highest BCUT2D eigenvalue weighted by atomic mass is 35.5. The van der Waals surface area contributed by atoms with Gasteiger partial charge in [-0.2, -0.15) is 0 Å². The number of hydrogen-bond donors (Lipinski definition) is 1. The zero-order valence-corrected chi connectivity index (χ0v) is 17.2. The van der Waals surface area contributed by atoms with Crippen molar-refractivity contribution in [2.45, 2.75) is 0 Å². The summed E-state index contributed by atoms with van der Waals surface area (Å²) in [6.07, 6.45) is 0. The summed E-state index contributed by atoms with van der Waals surface area (Å²) in [6, 6.07) is 22.9. The van der Waals surface area contributed by atoms with Crippen molar-refractivity contribution in [3.8, 4) is 5.69 Å². The van der Waals surface area contributed by atoms with Gasteiger partial charge in [0.05, 0.1) is 10.6 Å². The number of fused-ring (bicyclic) bond motifs is 2. The van der Waals surface area contributed by atoms with E-state index in [1.54, 1.807) is 23.0 Å². The maximum atomic E-state index is 12.6. The molecule has 32 heavy (non-hydrogen) atoms. The van der Waals surface area contributed by atoms with Crippen LogP contribution in [0.25, 0.3) is 27.5 Å². The molecule has 156 valence electrons. The molecule has 0 saturated carbocycles. The Kier molecular flexibility index (Phi) is 4.76. The number of nitro groups is 1. The molecule has 0 fully saturated rings. The fourth-order valence-electron chi connectivity index (χ4n) is 3.48. The van der Waals surface area contributed by atoms with Crippen molar-refractivity contribution in [3.05, 3.63) is 99.6 Å². The van der Waals surface area contributed by atoms with Crippen LogP contribution in [-0.2, 0) is 0 Å². The van der Waals surface area contributed by atoms with E-state index in [4.69, 9.17) is 11.6 Å². The third-order valence-electron chi connectivity index (χ3n) is 5.03. The summed E-state index contributed by atoms with van der Waals surface area (Å²) in [5.41, 5.74) is 2.40. The molecule has 1 heterocycles. The maximum absolute atomic E-state index is 12.6. The first-order valence-electron chi connectivity index (χ1n) is 9.60. The molecule has 5 rings (SSSR count). The Balaban J connectivity index is 1.46. The van der Waals surface area contributed by atoms with Crippen LogP contribution in [0.3, 0.4) is 0 Å². The summed E-state index contributed by atoms with van der Waals surface area (Å²) >= 11 is 5.82. The summed E-state index contributed by atoms with van der Waals surface area (Å²) in [5, 5.41) is 25.0. The van der Waals surface area contributed by atoms with Gasteiger partial charge >= 0.3 is 0 Å². The van der Waals surface area contributed by atoms with Gasteiger partial charge in [0, 0.05) is 22.7 Å². The topological polar surface area (TPSA) is 103 Å². The standard InChI is InChI=1S/C23H14ClN5O3/c24-18-10-8-15(12-22(18)29(31)32)23(30)25-16-9-11-19-20(13-16)27-28(26-19)21-7-3-5-14-4-1-2-6-17(14)21/h1-13H,(H,25,30). The summed E-state index contributed by atoms with van der Waals surface area (Å²) in [6.45, 7) is 0. The van der Waals surface area contributed by atoms with E-state index in [2.05, 4.69) is 15.5 Å². The normalized spacial score (nSPS) is 11.0. The third kappa shape index (κ3) is 3.52. The Morgan fingerprint density at radius 1 is 0.938 bits per heavy atom. The Morgan fingerprint density at radius 2 is 1.72 bits per heavy atom. The lowest BCUT2D eigenvalue weighted by Crippen LogP contribution is -2.12. The van der Waals surface area contributed by atoms with Gasteiger partial charge in [0.25, 0.3) is 11.6 Å². The number of hydrogen-bond acceptors (Lipinski definition) is 5. The first kappa shape index (κ1) is 19.7. The summed E-state index contributed by atoms with van der Waals surface area (Å²) < 4.78 is 0. The molecule has 0 aliphatic heterocycles. The molecule has 0 saturated heterocycles. The van der Waals surface area contributed by atoms with Crippen molar-refractivity contribution in [3.63, 3.8) is 0 Å². The van der Waals surface area contributed by atoms with Gasteiger partial charge in [-0.3, -0.25) is 14.9 Å². The molecule has 4 aromatic carbocycles. The van der Waals surface area contributed by atoms with Crippen molar-refractivity contribution >= 4 is 50.7 Å². The fourth-order valence-corrected chi connectivity index (χ4v) is 3.67. The van der Waals surface area contributed by atoms with Crippen LogP contribution in [0.5, 0.6) is 0 Å². The number of benzene rings is 4. The predicted octanol–water partition coefficient (Wildman–Crippen LogP) is 5.39. The first-order valence-corrected chi connectivity index (χ1v) is 9.98. The Bertz CT molecular complexity index is 1520. The van der Waals surface area contributed by atoms with E-state index >= 15 is 0 Å². The fraction of sp³-hybridized carbons (Fsp3) is 0. The van der Waals surface area contributed by atoms with Crippen LogP contribution in [0.1, 0.15) is 10.4 Å². The highest BCUT2D eigenvalue weighted by molar-refractivity contribution is 6.32. The van der Waals surface area contributed by atoms with Crippen molar-refractivity contribution in [2.75, 3.05) is 5.32 Å². The number of nitrogens with one attached hydrogen (secondary N) is 1. The van der Waals surface area contributed by atoms with Gasteiger partial charge in [0.1, 0.15) is 16.1 Å². The third-order valence-corrected chi connectivity index (χ3v) is 5.34. The summed E-state index contributed by atoms with van der Waals surface area (Å²) in [4.78, 5) is 24.6. The van der Waals surface area contributed by atoms with Gasteiger partial charge in [-0.1, -0.05) is 48.0 Å². The zero-order valence-electron chi connectivity index (χ0n) is 16.4. The molecule has 0 spiro atoms. The number of anilines is 1. The lowest BCUT2D eigenvalue weighted by atomic mass is 10.1. The molecule has 0 aliphatic rings. The van der Waals surface area contributed by atoms with Gasteiger partial charge in [-0.05, 0) is 41.8 Å². The van der Waals surface area contributed by atoms with Gasteiger partial charge in [-0.25, -0.2) is 0 Å². The SMILES string of the molecule is O=C(Nc1ccc2nn(-c3cccc4ccccc34)nc2c1)c1ccc(Cl)c([N+](=O)[O-])c1. The van der Waals surface area contributed by atoms with Crippen molar-refractivity contribution in [2.24, 2.45) is 0 Å². The Labute approximate surface area is 186 Å². The number of rotatable bonds is 4. The molecule has 1 amide bonds. The number of nitro benzene ring substituents is 1. The molecule has 0 aliphatic carbocycles. The molecule has 5 aromatic rings. The first-order chi connectivity index (χ1) is 15.5. The number of carbonyl (C=O) groups excluding carboxylic acids is 1. The number of aromatic nitrogens is 3. The molecular weight excluding hydrogens is 430 g/mol. The lowest BCUT2D eigenvalue weighted by Gasteiger charge is -2.05. The molecule has 9 heteroatoms. The van der Waals surface area contributed by atoms with Gasteiger partial charge in [0.15, 0.2) is 0 Å². The number of nitrogens with zero attached hydrogens (tertiary/aromatic N) is 4. The van der Waals surface area contributed by atoms with E-state index in [1.165, 1.54) is 12.1 Å². The number of halogens is 1. The van der Waals surface area contributed by atoms with E-state index in [0.29, 0.717) is 16.7 Å². The molecule has 0 radical (unpaired) electrons.